The molecule has 17 heavy (non-hydrogen) atoms. The minimum Gasteiger partial charge on any atom is -0.392 e. The predicted octanol–water partition coefficient (Wildman–Crippen LogP) is 1.16. The molecule has 1 heterocycles. The Bertz CT molecular complexity index is 534. The number of benzene rings is 1. The van der Waals surface area contributed by atoms with Crippen LogP contribution >= 0.6 is 0 Å². The van der Waals surface area contributed by atoms with Gasteiger partial charge in [0.1, 0.15) is 5.69 Å². The largest absolute Gasteiger partial charge is 0.392 e. The van der Waals surface area contributed by atoms with E-state index in [0.29, 0.717) is 11.4 Å². The number of aryl methyl sites for hydroxylation is 1. The molecule has 5 nitrogen and oxygen atoms in total. The summed E-state index contributed by atoms with van der Waals surface area (Å²) in [6.07, 6.45) is 3.21. The zero-order valence-corrected chi connectivity index (χ0v) is 9.42. The summed E-state index contributed by atoms with van der Waals surface area (Å²) >= 11 is 0. The first-order chi connectivity index (χ1) is 8.19. The van der Waals surface area contributed by atoms with Crippen LogP contribution in [-0.2, 0) is 13.7 Å². The zero-order valence-electron chi connectivity index (χ0n) is 9.42. The van der Waals surface area contributed by atoms with E-state index in [2.05, 4.69) is 10.3 Å². The minimum atomic E-state index is -0.263. The lowest BCUT2D eigenvalue weighted by Crippen LogP contribution is -2.12. The van der Waals surface area contributed by atoms with E-state index in [1.807, 2.05) is 0 Å². The van der Waals surface area contributed by atoms with Crippen molar-refractivity contribution in [1.82, 2.24) is 9.55 Å². The SMILES string of the molecule is Cn1cnc(C(=O)Nc2cccc(CO)c2)c1. The van der Waals surface area contributed by atoms with E-state index in [1.165, 1.54) is 0 Å². The Balaban J connectivity index is 2.12. The molecule has 0 aliphatic heterocycles. The number of amides is 1. The van der Waals surface area contributed by atoms with Crippen LogP contribution in [0.3, 0.4) is 0 Å². The van der Waals surface area contributed by atoms with E-state index >= 15 is 0 Å². The number of rotatable bonds is 3. The standard InChI is InChI=1S/C12H13N3O2/c1-15-6-11(13-8-15)12(17)14-10-4-2-3-9(5-10)7-16/h2-6,8,16H,7H2,1H3,(H,14,17). The van der Waals surface area contributed by atoms with Crippen LogP contribution in [0.4, 0.5) is 5.69 Å². The highest BCUT2D eigenvalue weighted by Crippen LogP contribution is 2.11. The summed E-state index contributed by atoms with van der Waals surface area (Å²) in [5.74, 6) is -0.263. The number of nitrogens with zero attached hydrogens (tertiary/aromatic N) is 2. The number of hydrogen-bond donors (Lipinski definition) is 2. The Labute approximate surface area is 98.7 Å². The van der Waals surface area contributed by atoms with Crippen LogP contribution < -0.4 is 5.32 Å². The Hall–Kier alpha value is -2.14. The first kappa shape index (κ1) is 11.3. The first-order valence-electron chi connectivity index (χ1n) is 5.18. The van der Waals surface area contributed by atoms with Crippen LogP contribution in [0.15, 0.2) is 36.8 Å². The van der Waals surface area contributed by atoms with Crippen molar-refractivity contribution >= 4 is 11.6 Å². The summed E-state index contributed by atoms with van der Waals surface area (Å²) in [5.41, 5.74) is 1.76. The number of carbonyl (C=O) groups excluding carboxylic acids is 1. The van der Waals surface area contributed by atoms with Gasteiger partial charge in [-0.2, -0.15) is 0 Å². The Morgan fingerprint density at radius 1 is 1.53 bits per heavy atom. The summed E-state index contributed by atoms with van der Waals surface area (Å²) in [4.78, 5) is 15.7. The number of carbonyl (C=O) groups is 1. The van der Waals surface area contributed by atoms with Gasteiger partial charge in [0.25, 0.3) is 5.91 Å². The molecule has 0 radical (unpaired) electrons. The molecule has 0 aliphatic carbocycles. The van der Waals surface area contributed by atoms with Crippen molar-refractivity contribution in [1.29, 1.82) is 0 Å². The maximum atomic E-state index is 11.8. The number of aliphatic hydroxyl groups is 1. The van der Waals surface area contributed by atoms with Crippen molar-refractivity contribution in [3.63, 3.8) is 0 Å². The first-order valence-corrected chi connectivity index (χ1v) is 5.18. The number of nitrogens with one attached hydrogen (secondary N) is 1. The van der Waals surface area contributed by atoms with Crippen molar-refractivity contribution in [2.75, 3.05) is 5.32 Å². The van der Waals surface area contributed by atoms with Crippen LogP contribution in [0.1, 0.15) is 16.1 Å². The van der Waals surface area contributed by atoms with Gasteiger partial charge in [-0.25, -0.2) is 4.98 Å². The van der Waals surface area contributed by atoms with Gasteiger partial charge in [-0.05, 0) is 17.7 Å². The third-order valence-electron chi connectivity index (χ3n) is 2.30. The highest BCUT2D eigenvalue weighted by atomic mass is 16.3. The van der Waals surface area contributed by atoms with Gasteiger partial charge in [-0.3, -0.25) is 4.79 Å². The second-order valence-electron chi connectivity index (χ2n) is 3.74. The highest BCUT2D eigenvalue weighted by molar-refractivity contribution is 6.02. The van der Waals surface area contributed by atoms with E-state index < -0.39 is 0 Å². The lowest BCUT2D eigenvalue weighted by molar-refractivity contribution is 0.102. The quantitative estimate of drug-likeness (QED) is 0.833. The maximum Gasteiger partial charge on any atom is 0.275 e. The summed E-state index contributed by atoms with van der Waals surface area (Å²) < 4.78 is 1.71. The Morgan fingerprint density at radius 3 is 3.00 bits per heavy atom. The molecule has 0 aliphatic rings. The number of hydrogen-bond acceptors (Lipinski definition) is 3. The van der Waals surface area contributed by atoms with Gasteiger partial charge < -0.3 is 15.0 Å². The molecule has 0 spiro atoms. The van der Waals surface area contributed by atoms with Crippen LogP contribution in [0, 0.1) is 0 Å². The average Bonchev–Trinajstić information content (AvgIpc) is 2.76. The van der Waals surface area contributed by atoms with E-state index in [0.717, 1.165) is 5.56 Å². The smallest absolute Gasteiger partial charge is 0.275 e. The minimum absolute atomic E-state index is 0.0483. The van der Waals surface area contributed by atoms with Crippen LogP contribution in [0.25, 0.3) is 0 Å². The lowest BCUT2D eigenvalue weighted by atomic mass is 10.2. The molecule has 0 saturated heterocycles. The Kier molecular flexibility index (Phi) is 3.20. The normalized spacial score (nSPS) is 10.2. The van der Waals surface area contributed by atoms with E-state index in [1.54, 1.807) is 48.4 Å². The molecule has 88 valence electrons. The van der Waals surface area contributed by atoms with Crippen LogP contribution in [-0.4, -0.2) is 20.6 Å². The molecule has 1 amide bonds. The van der Waals surface area contributed by atoms with Gasteiger partial charge in [0, 0.05) is 18.9 Å². The van der Waals surface area contributed by atoms with E-state index in [9.17, 15) is 4.79 Å². The molecule has 0 fully saturated rings. The van der Waals surface area contributed by atoms with Crippen molar-refractivity contribution in [2.24, 2.45) is 7.05 Å². The summed E-state index contributed by atoms with van der Waals surface area (Å²) in [6.45, 7) is -0.0483. The van der Waals surface area contributed by atoms with Gasteiger partial charge >= 0.3 is 0 Å². The average molecular weight is 231 g/mol. The topological polar surface area (TPSA) is 67.2 Å². The molecule has 0 atom stereocenters. The number of aromatic nitrogens is 2. The second-order valence-corrected chi connectivity index (χ2v) is 3.74. The summed E-state index contributed by atoms with van der Waals surface area (Å²) in [6, 6.07) is 7.05. The van der Waals surface area contributed by atoms with Crippen LogP contribution in [0.5, 0.6) is 0 Å². The lowest BCUT2D eigenvalue weighted by Gasteiger charge is -2.04. The van der Waals surface area contributed by atoms with Crippen molar-refractivity contribution < 1.29 is 9.90 Å². The van der Waals surface area contributed by atoms with Crippen molar-refractivity contribution in [2.45, 2.75) is 6.61 Å². The molecule has 0 unspecified atom stereocenters. The van der Waals surface area contributed by atoms with E-state index in [-0.39, 0.29) is 12.5 Å². The fraction of sp³-hybridized carbons (Fsp3) is 0.167. The van der Waals surface area contributed by atoms with Gasteiger partial charge in [-0.1, -0.05) is 12.1 Å². The summed E-state index contributed by atoms with van der Waals surface area (Å²) in [5, 5.41) is 11.7. The van der Waals surface area contributed by atoms with Gasteiger partial charge in [0.05, 0.1) is 12.9 Å². The highest BCUT2D eigenvalue weighted by Gasteiger charge is 2.08. The third kappa shape index (κ3) is 2.70. The van der Waals surface area contributed by atoms with Gasteiger partial charge in [-0.15, -0.1) is 0 Å². The third-order valence-corrected chi connectivity index (χ3v) is 2.30. The molecule has 2 rings (SSSR count). The molecule has 2 aromatic rings. The van der Waals surface area contributed by atoms with Crippen molar-refractivity contribution in [3.05, 3.63) is 48.0 Å². The second kappa shape index (κ2) is 4.80. The Morgan fingerprint density at radius 2 is 2.35 bits per heavy atom. The maximum absolute atomic E-state index is 11.8. The van der Waals surface area contributed by atoms with E-state index in [4.69, 9.17) is 5.11 Å². The number of imidazole rings is 1. The van der Waals surface area contributed by atoms with Gasteiger partial charge in [0.2, 0.25) is 0 Å². The predicted molar refractivity (Wildman–Crippen MR) is 63.5 cm³/mol. The number of anilines is 1. The summed E-state index contributed by atoms with van der Waals surface area (Å²) in [7, 11) is 1.80. The fourth-order valence-electron chi connectivity index (χ4n) is 1.47. The van der Waals surface area contributed by atoms with Gasteiger partial charge in [0.15, 0.2) is 0 Å². The molecule has 0 bridgehead atoms. The molecule has 2 N–H and O–H groups in total. The molecule has 1 aromatic carbocycles. The molecular weight excluding hydrogens is 218 g/mol. The van der Waals surface area contributed by atoms with Crippen molar-refractivity contribution in [3.8, 4) is 0 Å². The molecule has 5 heteroatoms. The monoisotopic (exact) mass is 231 g/mol. The fourth-order valence-corrected chi connectivity index (χ4v) is 1.47. The molecular formula is C12H13N3O2. The number of aliphatic hydroxyl groups excluding tert-OH is 1. The zero-order chi connectivity index (χ0) is 12.3. The molecule has 1 aromatic heterocycles. The van der Waals surface area contributed by atoms with Crippen LogP contribution in [0.2, 0.25) is 0 Å². The molecule has 0 saturated carbocycles.